The summed E-state index contributed by atoms with van der Waals surface area (Å²) in [6, 6.07) is 10.1. The first-order valence-corrected chi connectivity index (χ1v) is 7.74. The molecule has 3 N–H and O–H groups in total. The fourth-order valence-corrected chi connectivity index (χ4v) is 3.02. The number of thiophene rings is 1. The standard InChI is InChI=1S/C14H9Cl2N3O2S/c15-8-1-2-9-7(5-8)6-10(17-9)13(20)18-19-14(21)11-3-4-12(16)22-11/h1-6,17H,(H,18,20)(H,19,21). The van der Waals surface area contributed by atoms with Crippen LogP contribution in [0.15, 0.2) is 36.4 Å². The van der Waals surface area contributed by atoms with Gasteiger partial charge in [-0.25, -0.2) is 0 Å². The molecule has 112 valence electrons. The van der Waals surface area contributed by atoms with E-state index in [-0.39, 0.29) is 0 Å². The van der Waals surface area contributed by atoms with Gasteiger partial charge < -0.3 is 4.98 Å². The van der Waals surface area contributed by atoms with Crippen LogP contribution in [0.3, 0.4) is 0 Å². The number of aromatic amines is 1. The van der Waals surface area contributed by atoms with Crippen LogP contribution in [0.2, 0.25) is 9.36 Å². The number of rotatable bonds is 2. The van der Waals surface area contributed by atoms with E-state index in [2.05, 4.69) is 15.8 Å². The summed E-state index contributed by atoms with van der Waals surface area (Å²) in [6.45, 7) is 0. The lowest BCUT2D eigenvalue weighted by Gasteiger charge is -2.04. The molecule has 22 heavy (non-hydrogen) atoms. The zero-order valence-electron chi connectivity index (χ0n) is 10.9. The number of fused-ring (bicyclic) bond motifs is 1. The number of carbonyl (C=O) groups excluding carboxylic acids is 2. The summed E-state index contributed by atoms with van der Waals surface area (Å²) >= 11 is 12.8. The Labute approximate surface area is 139 Å². The maximum atomic E-state index is 12.0. The van der Waals surface area contributed by atoms with Crippen LogP contribution in [0.25, 0.3) is 10.9 Å². The van der Waals surface area contributed by atoms with E-state index in [4.69, 9.17) is 23.2 Å². The normalized spacial score (nSPS) is 10.6. The van der Waals surface area contributed by atoms with Gasteiger partial charge >= 0.3 is 0 Å². The Kier molecular flexibility index (Phi) is 4.06. The maximum Gasteiger partial charge on any atom is 0.286 e. The third kappa shape index (κ3) is 3.09. The average Bonchev–Trinajstić information content (AvgIpc) is 3.10. The number of nitrogens with one attached hydrogen (secondary N) is 3. The molecule has 2 amide bonds. The summed E-state index contributed by atoms with van der Waals surface area (Å²) in [7, 11) is 0. The van der Waals surface area contributed by atoms with Gasteiger partial charge in [-0.1, -0.05) is 23.2 Å². The minimum Gasteiger partial charge on any atom is -0.350 e. The molecule has 0 radical (unpaired) electrons. The Morgan fingerprint density at radius 3 is 2.50 bits per heavy atom. The van der Waals surface area contributed by atoms with Gasteiger partial charge in [0.25, 0.3) is 11.8 Å². The third-order valence-electron chi connectivity index (χ3n) is 2.91. The van der Waals surface area contributed by atoms with Crippen molar-refractivity contribution >= 4 is 57.3 Å². The lowest BCUT2D eigenvalue weighted by molar-refractivity contribution is 0.0846. The molecular formula is C14H9Cl2N3O2S. The van der Waals surface area contributed by atoms with Crippen molar-refractivity contribution < 1.29 is 9.59 Å². The molecular weight excluding hydrogens is 345 g/mol. The third-order valence-corrected chi connectivity index (χ3v) is 4.38. The fourth-order valence-electron chi connectivity index (χ4n) is 1.90. The first-order valence-electron chi connectivity index (χ1n) is 6.17. The van der Waals surface area contributed by atoms with Crippen LogP contribution < -0.4 is 10.9 Å². The highest BCUT2D eigenvalue weighted by Crippen LogP contribution is 2.21. The summed E-state index contributed by atoms with van der Waals surface area (Å²) in [5.41, 5.74) is 5.78. The molecule has 0 aliphatic carbocycles. The van der Waals surface area contributed by atoms with Gasteiger partial charge in [0.1, 0.15) is 5.69 Å². The van der Waals surface area contributed by atoms with Gasteiger partial charge in [-0.15, -0.1) is 11.3 Å². The molecule has 0 bridgehead atoms. The topological polar surface area (TPSA) is 74.0 Å². The van der Waals surface area contributed by atoms with Gasteiger partial charge in [0, 0.05) is 15.9 Å². The number of hydrazine groups is 1. The van der Waals surface area contributed by atoms with E-state index in [9.17, 15) is 9.59 Å². The molecule has 3 rings (SSSR count). The van der Waals surface area contributed by atoms with E-state index in [1.165, 1.54) is 0 Å². The van der Waals surface area contributed by atoms with Crippen molar-refractivity contribution in [1.82, 2.24) is 15.8 Å². The van der Waals surface area contributed by atoms with Crippen LogP contribution in [0.4, 0.5) is 0 Å². The summed E-state index contributed by atoms with van der Waals surface area (Å²) in [4.78, 5) is 27.2. The number of amides is 2. The van der Waals surface area contributed by atoms with Gasteiger partial charge in [-0.05, 0) is 36.4 Å². The quantitative estimate of drug-likeness (QED) is 0.615. The van der Waals surface area contributed by atoms with Gasteiger partial charge in [0.15, 0.2) is 0 Å². The van der Waals surface area contributed by atoms with E-state index >= 15 is 0 Å². The second-order valence-corrected chi connectivity index (χ2v) is 6.58. The molecule has 0 aliphatic heterocycles. The van der Waals surface area contributed by atoms with Gasteiger partial charge in [0.05, 0.1) is 9.21 Å². The molecule has 2 heterocycles. The van der Waals surface area contributed by atoms with Crippen molar-refractivity contribution in [2.45, 2.75) is 0 Å². The van der Waals surface area contributed by atoms with Crippen molar-refractivity contribution in [3.63, 3.8) is 0 Å². The number of halogens is 2. The SMILES string of the molecule is O=C(NNC(=O)c1ccc(Cl)s1)c1cc2cc(Cl)ccc2[nH]1. The van der Waals surface area contributed by atoms with Crippen LogP contribution in [0.1, 0.15) is 20.2 Å². The molecule has 0 atom stereocenters. The maximum absolute atomic E-state index is 12.0. The van der Waals surface area contributed by atoms with Crippen LogP contribution >= 0.6 is 34.5 Å². The van der Waals surface area contributed by atoms with Gasteiger partial charge in [-0.2, -0.15) is 0 Å². The number of hydrogen-bond acceptors (Lipinski definition) is 3. The van der Waals surface area contributed by atoms with Crippen LogP contribution in [-0.2, 0) is 0 Å². The Balaban J connectivity index is 1.69. The smallest absolute Gasteiger partial charge is 0.286 e. The molecule has 1 aromatic carbocycles. The molecule has 0 saturated heterocycles. The summed E-state index contributed by atoms with van der Waals surface area (Å²) in [5.74, 6) is -0.882. The average molecular weight is 354 g/mol. The molecule has 0 spiro atoms. The van der Waals surface area contributed by atoms with Crippen LogP contribution in [0, 0.1) is 0 Å². The molecule has 8 heteroatoms. The lowest BCUT2D eigenvalue weighted by atomic mass is 10.2. The fraction of sp³-hybridized carbons (Fsp3) is 0. The van der Waals surface area contributed by atoms with E-state index < -0.39 is 11.8 Å². The lowest BCUT2D eigenvalue weighted by Crippen LogP contribution is -2.41. The summed E-state index contributed by atoms with van der Waals surface area (Å²) < 4.78 is 0.504. The highest BCUT2D eigenvalue weighted by Gasteiger charge is 2.13. The van der Waals surface area contributed by atoms with Crippen LogP contribution in [-0.4, -0.2) is 16.8 Å². The van der Waals surface area contributed by atoms with Crippen molar-refractivity contribution in [3.05, 3.63) is 56.3 Å². The monoisotopic (exact) mass is 353 g/mol. The van der Waals surface area contributed by atoms with E-state index in [0.717, 1.165) is 22.2 Å². The Hall–Kier alpha value is -2.02. The molecule has 5 nitrogen and oxygen atoms in total. The Morgan fingerprint density at radius 2 is 1.77 bits per heavy atom. The molecule has 0 unspecified atom stereocenters. The number of aromatic nitrogens is 1. The number of carbonyl (C=O) groups is 2. The second kappa shape index (κ2) is 6.00. The van der Waals surface area contributed by atoms with Gasteiger partial charge in [0.2, 0.25) is 0 Å². The Morgan fingerprint density at radius 1 is 1.00 bits per heavy atom. The van der Waals surface area contributed by atoms with Crippen molar-refractivity contribution in [2.75, 3.05) is 0 Å². The molecule has 0 aliphatic rings. The van der Waals surface area contributed by atoms with Crippen molar-refractivity contribution in [1.29, 1.82) is 0 Å². The highest BCUT2D eigenvalue weighted by molar-refractivity contribution is 7.17. The van der Waals surface area contributed by atoms with E-state index in [0.29, 0.717) is 19.9 Å². The van der Waals surface area contributed by atoms with Crippen LogP contribution in [0.5, 0.6) is 0 Å². The Bertz CT molecular complexity index is 872. The molecule has 0 fully saturated rings. The molecule has 2 aromatic heterocycles. The van der Waals surface area contributed by atoms with Crippen molar-refractivity contribution in [3.8, 4) is 0 Å². The first-order chi connectivity index (χ1) is 10.5. The zero-order chi connectivity index (χ0) is 15.7. The predicted octanol–water partition coefficient (Wildman–Crippen LogP) is 3.61. The predicted molar refractivity (Wildman–Crippen MR) is 87.6 cm³/mol. The van der Waals surface area contributed by atoms with Gasteiger partial charge in [-0.3, -0.25) is 20.4 Å². The summed E-state index contributed by atoms with van der Waals surface area (Å²) in [5, 5.41) is 1.40. The van der Waals surface area contributed by atoms with Crippen molar-refractivity contribution in [2.24, 2.45) is 0 Å². The zero-order valence-corrected chi connectivity index (χ0v) is 13.3. The first kappa shape index (κ1) is 14.9. The minimum absolute atomic E-state index is 0.321. The molecule has 0 saturated carbocycles. The largest absolute Gasteiger partial charge is 0.350 e. The number of hydrogen-bond donors (Lipinski definition) is 3. The number of H-pyrrole nitrogens is 1. The summed E-state index contributed by atoms with van der Waals surface area (Å²) in [6.07, 6.45) is 0. The minimum atomic E-state index is -0.455. The number of benzene rings is 1. The van der Waals surface area contributed by atoms with E-state index in [1.807, 2.05) is 0 Å². The second-order valence-electron chi connectivity index (χ2n) is 4.43. The molecule has 3 aromatic rings. The highest BCUT2D eigenvalue weighted by atomic mass is 35.5. The van der Waals surface area contributed by atoms with E-state index in [1.54, 1.807) is 36.4 Å².